The van der Waals surface area contributed by atoms with Crippen molar-refractivity contribution in [3.63, 3.8) is 0 Å². The van der Waals surface area contributed by atoms with Gasteiger partial charge < -0.3 is 20.4 Å². The fourth-order valence-electron chi connectivity index (χ4n) is 3.66. The van der Waals surface area contributed by atoms with Gasteiger partial charge in [-0.2, -0.15) is 0 Å². The van der Waals surface area contributed by atoms with Crippen LogP contribution in [0.1, 0.15) is 19.0 Å². The number of aromatic nitrogens is 1. The first kappa shape index (κ1) is 21.4. The van der Waals surface area contributed by atoms with E-state index in [2.05, 4.69) is 20.6 Å². The van der Waals surface area contributed by atoms with Gasteiger partial charge >= 0.3 is 0 Å². The minimum atomic E-state index is -0.477. The van der Waals surface area contributed by atoms with E-state index in [9.17, 15) is 4.79 Å². The minimum Gasteiger partial charge on any atom is -0.457 e. The van der Waals surface area contributed by atoms with E-state index in [1.54, 1.807) is 31.4 Å². The van der Waals surface area contributed by atoms with Gasteiger partial charge in [-0.15, -0.1) is 0 Å². The molecule has 32 heavy (non-hydrogen) atoms. The number of H-pyrrole nitrogens is 1. The van der Waals surface area contributed by atoms with Crippen LogP contribution in [0.4, 0.5) is 10.1 Å². The summed E-state index contributed by atoms with van der Waals surface area (Å²) in [7, 11) is 1.54. The molecular formula is C25H25FN4O2. The monoisotopic (exact) mass is 432 g/mol. The van der Waals surface area contributed by atoms with E-state index in [4.69, 9.17) is 4.74 Å². The second-order valence-electron chi connectivity index (χ2n) is 7.70. The molecule has 2 heterocycles. The number of nitrogens with one attached hydrogen (secondary N) is 3. The van der Waals surface area contributed by atoms with Gasteiger partial charge in [-0.1, -0.05) is 31.2 Å². The number of aliphatic imine (C=N–C) groups is 1. The van der Waals surface area contributed by atoms with Crippen molar-refractivity contribution in [1.29, 1.82) is 0 Å². The zero-order valence-corrected chi connectivity index (χ0v) is 18.2. The van der Waals surface area contributed by atoms with E-state index in [1.807, 2.05) is 50.3 Å². The second-order valence-corrected chi connectivity index (χ2v) is 7.70. The van der Waals surface area contributed by atoms with E-state index >= 15 is 4.39 Å². The maximum Gasteiger partial charge on any atom is 0.258 e. The van der Waals surface area contributed by atoms with Gasteiger partial charge in [0.1, 0.15) is 17.2 Å². The zero-order valence-electron chi connectivity index (χ0n) is 18.2. The van der Waals surface area contributed by atoms with E-state index in [1.165, 1.54) is 0 Å². The summed E-state index contributed by atoms with van der Waals surface area (Å²) in [5.41, 5.74) is 2.55. The van der Waals surface area contributed by atoms with Gasteiger partial charge in [0, 0.05) is 41.4 Å². The molecule has 1 aromatic heterocycles. The third-order valence-electron chi connectivity index (χ3n) is 5.28. The number of carbonyl (C=O) groups excluding carboxylic acids is 1. The molecule has 4 rings (SSSR count). The van der Waals surface area contributed by atoms with E-state index < -0.39 is 5.82 Å². The number of hydrogen-bond acceptors (Lipinski definition) is 4. The Balaban J connectivity index is 1.83. The molecule has 0 aliphatic carbocycles. The highest BCUT2D eigenvalue weighted by Crippen LogP contribution is 2.32. The fraction of sp³-hybridized carbons (Fsp3) is 0.200. The van der Waals surface area contributed by atoms with Crippen molar-refractivity contribution in [2.24, 2.45) is 10.9 Å². The lowest BCUT2D eigenvalue weighted by Crippen LogP contribution is -2.32. The third-order valence-corrected chi connectivity index (χ3v) is 5.28. The first-order valence-electron chi connectivity index (χ1n) is 10.4. The van der Waals surface area contributed by atoms with Gasteiger partial charge in [0.05, 0.1) is 0 Å². The van der Waals surface area contributed by atoms with Gasteiger partial charge in [-0.05, 0) is 43.7 Å². The molecule has 1 atom stereocenters. The maximum atomic E-state index is 15.3. The molecular weight excluding hydrogens is 407 g/mol. The average Bonchev–Trinajstić information content (AvgIpc) is 3.18. The Morgan fingerprint density at radius 1 is 1.22 bits per heavy atom. The van der Waals surface area contributed by atoms with Crippen LogP contribution in [0.3, 0.4) is 0 Å². The van der Waals surface area contributed by atoms with Crippen LogP contribution in [-0.4, -0.2) is 23.8 Å². The Kier molecular flexibility index (Phi) is 6.07. The van der Waals surface area contributed by atoms with Gasteiger partial charge in [-0.3, -0.25) is 4.79 Å². The van der Waals surface area contributed by atoms with Crippen LogP contribution in [0.5, 0.6) is 5.75 Å². The predicted octanol–water partition coefficient (Wildman–Crippen LogP) is 5.06. The quantitative estimate of drug-likeness (QED) is 0.539. The normalized spacial score (nSPS) is 21.2. The summed E-state index contributed by atoms with van der Waals surface area (Å²) in [4.78, 5) is 20.6. The molecule has 2 aromatic carbocycles. The number of amides is 1. The molecule has 3 aromatic rings. The zero-order chi connectivity index (χ0) is 22.7. The molecule has 3 N–H and O–H groups in total. The standard InChI is InChI=1S/C25H25FN4O2/c1-15-8-7-13-28-24(30-17-9-5-4-6-10-17)21(25(31)27-3)23(15)32-20-12-11-19-18(22(20)26)14-16(2)29-19/h4-7,9-15,29H,8H2,1-3H3,(H,27,31)(H,28,30)/b13-7+,23-21-. The molecule has 0 saturated carbocycles. The molecule has 7 heteroatoms. The van der Waals surface area contributed by atoms with Gasteiger partial charge in [0.25, 0.3) is 5.91 Å². The minimum absolute atomic E-state index is 0.0587. The summed E-state index contributed by atoms with van der Waals surface area (Å²) in [5.74, 6) is -0.306. The molecule has 1 aliphatic heterocycles. The van der Waals surface area contributed by atoms with Gasteiger partial charge in [0.15, 0.2) is 11.6 Å². The molecule has 0 saturated heterocycles. The van der Waals surface area contributed by atoms with Crippen molar-refractivity contribution >= 4 is 28.3 Å². The number of fused-ring (bicyclic) bond motifs is 1. The molecule has 1 amide bonds. The summed E-state index contributed by atoms with van der Waals surface area (Å²) < 4.78 is 21.4. The summed E-state index contributed by atoms with van der Waals surface area (Å²) in [6, 6.07) is 14.5. The Morgan fingerprint density at radius 2 is 2.00 bits per heavy atom. The third kappa shape index (κ3) is 4.27. The van der Waals surface area contributed by atoms with Crippen molar-refractivity contribution in [3.05, 3.63) is 83.7 Å². The summed E-state index contributed by atoms with van der Waals surface area (Å²) in [6.45, 7) is 3.80. The number of carbonyl (C=O) groups is 1. The number of aromatic amines is 1. The van der Waals surface area contributed by atoms with Crippen LogP contribution in [-0.2, 0) is 4.79 Å². The highest BCUT2D eigenvalue weighted by molar-refractivity contribution is 6.25. The summed E-state index contributed by atoms with van der Waals surface area (Å²) >= 11 is 0. The largest absolute Gasteiger partial charge is 0.457 e. The molecule has 0 spiro atoms. The number of anilines is 1. The molecule has 0 radical (unpaired) electrons. The molecule has 1 unspecified atom stereocenters. The molecule has 6 nitrogen and oxygen atoms in total. The Morgan fingerprint density at radius 3 is 2.75 bits per heavy atom. The number of amidine groups is 1. The SMILES string of the molecule is CNC(=O)C1=C(\Oc2ccc3[nH]c(C)cc3c2F)C(C)C/C=C/N=C\1Nc1ccccc1. The average molecular weight is 432 g/mol. The second kappa shape index (κ2) is 9.09. The lowest BCUT2D eigenvalue weighted by atomic mass is 9.98. The number of allylic oxidation sites excluding steroid dienone is 2. The van der Waals surface area contributed by atoms with Crippen molar-refractivity contribution in [1.82, 2.24) is 10.3 Å². The van der Waals surface area contributed by atoms with Crippen molar-refractivity contribution in [2.75, 3.05) is 12.4 Å². The Labute approximate surface area is 185 Å². The predicted molar refractivity (Wildman–Crippen MR) is 125 cm³/mol. The van der Waals surface area contributed by atoms with E-state index in [0.29, 0.717) is 28.9 Å². The number of likely N-dealkylation sites (N-methyl/N-ethyl adjacent to an activating group) is 1. The number of benzene rings is 2. The van der Waals surface area contributed by atoms with E-state index in [0.717, 1.165) is 11.4 Å². The number of rotatable bonds is 4. The fourth-order valence-corrected chi connectivity index (χ4v) is 3.66. The topological polar surface area (TPSA) is 78.5 Å². The number of aryl methyl sites for hydroxylation is 1. The first-order chi connectivity index (χ1) is 15.5. The highest BCUT2D eigenvalue weighted by atomic mass is 19.1. The van der Waals surface area contributed by atoms with Crippen LogP contribution in [0, 0.1) is 18.7 Å². The lowest BCUT2D eigenvalue weighted by molar-refractivity contribution is -0.116. The van der Waals surface area contributed by atoms with Gasteiger partial charge in [-0.25, -0.2) is 9.38 Å². The van der Waals surface area contributed by atoms with Crippen LogP contribution in [0.15, 0.2) is 77.1 Å². The van der Waals surface area contributed by atoms with E-state index in [-0.39, 0.29) is 23.1 Å². The number of nitrogens with zero attached hydrogens (tertiary/aromatic N) is 1. The Hall–Kier alpha value is -3.87. The van der Waals surface area contributed by atoms with Crippen LogP contribution in [0.25, 0.3) is 10.9 Å². The molecule has 0 fully saturated rings. The van der Waals surface area contributed by atoms with Crippen LogP contribution < -0.4 is 15.4 Å². The van der Waals surface area contributed by atoms with Crippen molar-refractivity contribution in [3.8, 4) is 5.75 Å². The molecule has 1 aliphatic rings. The van der Waals surface area contributed by atoms with Crippen LogP contribution >= 0.6 is 0 Å². The number of halogens is 1. The summed E-state index contributed by atoms with van der Waals surface area (Å²) in [5, 5.41) is 6.30. The van der Waals surface area contributed by atoms with Crippen molar-refractivity contribution in [2.45, 2.75) is 20.3 Å². The van der Waals surface area contributed by atoms with Crippen molar-refractivity contribution < 1.29 is 13.9 Å². The first-order valence-corrected chi connectivity index (χ1v) is 10.4. The lowest BCUT2D eigenvalue weighted by Gasteiger charge is -2.23. The maximum absolute atomic E-state index is 15.3. The number of para-hydroxylation sites is 1. The Bertz CT molecular complexity index is 1240. The smallest absolute Gasteiger partial charge is 0.258 e. The molecule has 0 bridgehead atoms. The number of hydrogen-bond donors (Lipinski definition) is 3. The summed E-state index contributed by atoms with van der Waals surface area (Å²) in [6.07, 6.45) is 4.15. The molecule has 164 valence electrons. The van der Waals surface area contributed by atoms with Gasteiger partial charge in [0.2, 0.25) is 0 Å². The number of ether oxygens (including phenoxy) is 1. The van der Waals surface area contributed by atoms with Crippen LogP contribution in [0.2, 0.25) is 0 Å². The highest BCUT2D eigenvalue weighted by Gasteiger charge is 2.28.